The van der Waals surface area contributed by atoms with Crippen LogP contribution in [0.25, 0.3) is 22.3 Å². The average Bonchev–Trinajstić information content (AvgIpc) is 2.85. The molecule has 4 aromatic rings. The standard InChI is InChI=1S/C28H21F3O4/c1-2-34-16-17-3-12-22(25(29)15-17)18-6-10-21(11-7-18)35-28(33)24-14-13-23(26(30)27(24)31)19-4-8-20(32)9-5-19/h3-15,32H,2,16H2,1H3. The topological polar surface area (TPSA) is 55.8 Å². The third-order valence-corrected chi connectivity index (χ3v) is 5.36. The lowest BCUT2D eigenvalue weighted by Gasteiger charge is -2.10. The molecule has 0 amide bonds. The Kier molecular flexibility index (Phi) is 7.17. The number of esters is 1. The third-order valence-electron chi connectivity index (χ3n) is 5.36. The molecule has 35 heavy (non-hydrogen) atoms. The third kappa shape index (κ3) is 5.36. The molecule has 4 rings (SSSR count). The van der Waals surface area contributed by atoms with Crippen LogP contribution in [0.2, 0.25) is 0 Å². The van der Waals surface area contributed by atoms with Crippen molar-refractivity contribution in [1.29, 1.82) is 0 Å². The Bertz CT molecular complexity index is 1350. The molecule has 0 spiro atoms. The number of ether oxygens (including phenoxy) is 2. The van der Waals surface area contributed by atoms with Gasteiger partial charge >= 0.3 is 5.97 Å². The minimum Gasteiger partial charge on any atom is -0.508 e. The Hall–Kier alpha value is -4.10. The summed E-state index contributed by atoms with van der Waals surface area (Å²) < 4.78 is 54.3. The van der Waals surface area contributed by atoms with Crippen LogP contribution in [0.5, 0.6) is 11.5 Å². The maximum Gasteiger partial charge on any atom is 0.346 e. The van der Waals surface area contributed by atoms with E-state index < -0.39 is 29.0 Å². The molecule has 4 aromatic carbocycles. The van der Waals surface area contributed by atoms with Crippen molar-refractivity contribution in [2.75, 3.05) is 6.61 Å². The van der Waals surface area contributed by atoms with Crippen molar-refractivity contribution in [3.8, 4) is 33.8 Å². The van der Waals surface area contributed by atoms with Crippen molar-refractivity contribution in [1.82, 2.24) is 0 Å². The second-order valence-electron chi connectivity index (χ2n) is 7.70. The molecule has 0 fully saturated rings. The number of hydrogen-bond acceptors (Lipinski definition) is 4. The van der Waals surface area contributed by atoms with E-state index in [-0.39, 0.29) is 17.1 Å². The van der Waals surface area contributed by atoms with Crippen LogP contribution in [0, 0.1) is 17.5 Å². The molecule has 0 aliphatic carbocycles. The van der Waals surface area contributed by atoms with E-state index in [1.807, 2.05) is 6.92 Å². The summed E-state index contributed by atoms with van der Waals surface area (Å²) in [5, 5.41) is 9.37. The van der Waals surface area contributed by atoms with Crippen molar-refractivity contribution in [3.05, 3.63) is 107 Å². The first kappa shape index (κ1) is 24.0. The zero-order valence-electron chi connectivity index (χ0n) is 18.7. The number of carbonyl (C=O) groups excluding carboxylic acids is 1. The smallest absolute Gasteiger partial charge is 0.346 e. The van der Waals surface area contributed by atoms with Crippen LogP contribution >= 0.6 is 0 Å². The van der Waals surface area contributed by atoms with Crippen molar-refractivity contribution >= 4 is 5.97 Å². The first-order valence-electron chi connectivity index (χ1n) is 10.8. The summed E-state index contributed by atoms with van der Waals surface area (Å²) in [6.45, 7) is 2.70. The van der Waals surface area contributed by atoms with Gasteiger partial charge in [-0.25, -0.2) is 18.0 Å². The van der Waals surface area contributed by atoms with E-state index in [4.69, 9.17) is 9.47 Å². The van der Waals surface area contributed by atoms with E-state index >= 15 is 0 Å². The second-order valence-corrected chi connectivity index (χ2v) is 7.70. The van der Waals surface area contributed by atoms with Gasteiger partial charge in [0.05, 0.1) is 12.2 Å². The van der Waals surface area contributed by atoms with E-state index in [0.717, 1.165) is 6.07 Å². The highest BCUT2D eigenvalue weighted by Gasteiger charge is 2.21. The van der Waals surface area contributed by atoms with Gasteiger partial charge in [0.15, 0.2) is 11.6 Å². The summed E-state index contributed by atoms with van der Waals surface area (Å²) in [7, 11) is 0. The lowest BCUT2D eigenvalue weighted by atomic mass is 10.0. The van der Waals surface area contributed by atoms with Gasteiger partial charge in [-0.3, -0.25) is 0 Å². The molecule has 7 heteroatoms. The minimum absolute atomic E-state index is 0.0119. The van der Waals surface area contributed by atoms with Gasteiger partial charge in [-0.05, 0) is 60.0 Å². The molecule has 0 bridgehead atoms. The average molecular weight is 478 g/mol. The highest BCUT2D eigenvalue weighted by Crippen LogP contribution is 2.29. The normalized spacial score (nSPS) is 10.9. The SMILES string of the molecule is CCOCc1ccc(-c2ccc(OC(=O)c3ccc(-c4ccc(O)cc4)c(F)c3F)cc2)c(F)c1. The van der Waals surface area contributed by atoms with Crippen LogP contribution in [0.3, 0.4) is 0 Å². The number of rotatable bonds is 7. The lowest BCUT2D eigenvalue weighted by Crippen LogP contribution is -2.12. The lowest BCUT2D eigenvalue weighted by molar-refractivity contribution is 0.0728. The zero-order valence-corrected chi connectivity index (χ0v) is 18.7. The van der Waals surface area contributed by atoms with Crippen LogP contribution in [0.1, 0.15) is 22.8 Å². The van der Waals surface area contributed by atoms with E-state index in [9.17, 15) is 23.1 Å². The van der Waals surface area contributed by atoms with Gasteiger partial charge in [0.1, 0.15) is 17.3 Å². The van der Waals surface area contributed by atoms with Gasteiger partial charge in [-0.2, -0.15) is 0 Å². The molecule has 0 saturated carbocycles. The van der Waals surface area contributed by atoms with E-state index in [1.165, 1.54) is 48.5 Å². The van der Waals surface area contributed by atoms with Gasteiger partial charge in [-0.1, -0.05) is 42.5 Å². The molecule has 0 aliphatic rings. The summed E-state index contributed by atoms with van der Waals surface area (Å²) in [6.07, 6.45) is 0. The Morgan fingerprint density at radius 3 is 2.09 bits per heavy atom. The van der Waals surface area contributed by atoms with Crippen molar-refractivity contribution in [3.63, 3.8) is 0 Å². The second kappa shape index (κ2) is 10.4. The molecular weight excluding hydrogens is 457 g/mol. The molecule has 0 aliphatic heterocycles. The van der Waals surface area contributed by atoms with Gasteiger partial charge in [0, 0.05) is 17.7 Å². The van der Waals surface area contributed by atoms with E-state index in [1.54, 1.807) is 24.3 Å². The quantitative estimate of drug-likeness (QED) is 0.232. The van der Waals surface area contributed by atoms with E-state index in [2.05, 4.69) is 0 Å². The Morgan fingerprint density at radius 1 is 0.800 bits per heavy atom. The fraction of sp³-hybridized carbons (Fsp3) is 0.107. The van der Waals surface area contributed by atoms with E-state index in [0.29, 0.717) is 35.5 Å². The fourth-order valence-corrected chi connectivity index (χ4v) is 3.54. The highest BCUT2D eigenvalue weighted by molar-refractivity contribution is 5.92. The number of hydrogen-bond donors (Lipinski definition) is 1. The Morgan fingerprint density at radius 2 is 1.43 bits per heavy atom. The number of phenols is 1. The summed E-state index contributed by atoms with van der Waals surface area (Å²) in [5.41, 5.74) is 1.35. The summed E-state index contributed by atoms with van der Waals surface area (Å²) in [5.74, 6) is -3.96. The monoisotopic (exact) mass is 478 g/mol. The van der Waals surface area contributed by atoms with Crippen molar-refractivity contribution < 1.29 is 32.5 Å². The molecule has 178 valence electrons. The highest BCUT2D eigenvalue weighted by atomic mass is 19.2. The molecule has 0 saturated heterocycles. The first-order valence-corrected chi connectivity index (χ1v) is 10.8. The van der Waals surface area contributed by atoms with Crippen LogP contribution < -0.4 is 4.74 Å². The number of benzene rings is 4. The molecule has 0 heterocycles. The van der Waals surface area contributed by atoms with Crippen LogP contribution in [-0.2, 0) is 11.3 Å². The fourth-order valence-electron chi connectivity index (χ4n) is 3.54. The predicted molar refractivity (Wildman–Crippen MR) is 126 cm³/mol. The predicted octanol–water partition coefficient (Wildman–Crippen LogP) is 6.90. The largest absolute Gasteiger partial charge is 0.508 e. The molecular formula is C28H21F3O4. The van der Waals surface area contributed by atoms with Gasteiger partial charge < -0.3 is 14.6 Å². The first-order chi connectivity index (χ1) is 16.9. The molecule has 0 aromatic heterocycles. The van der Waals surface area contributed by atoms with Gasteiger partial charge in [-0.15, -0.1) is 0 Å². The van der Waals surface area contributed by atoms with Crippen LogP contribution in [0.4, 0.5) is 13.2 Å². The summed E-state index contributed by atoms with van der Waals surface area (Å²) in [6, 6.07) is 18.8. The van der Waals surface area contributed by atoms with Crippen molar-refractivity contribution in [2.24, 2.45) is 0 Å². The maximum atomic E-state index is 14.6. The van der Waals surface area contributed by atoms with Crippen molar-refractivity contribution in [2.45, 2.75) is 13.5 Å². The molecule has 0 atom stereocenters. The Balaban J connectivity index is 1.50. The summed E-state index contributed by atoms with van der Waals surface area (Å²) >= 11 is 0. The zero-order chi connectivity index (χ0) is 24.9. The molecule has 0 radical (unpaired) electrons. The molecule has 0 unspecified atom stereocenters. The molecule has 1 N–H and O–H groups in total. The minimum atomic E-state index is -1.34. The maximum absolute atomic E-state index is 14.6. The number of aromatic hydroxyl groups is 1. The summed E-state index contributed by atoms with van der Waals surface area (Å²) in [4.78, 5) is 12.5. The Labute approximate surface area is 200 Å². The van der Waals surface area contributed by atoms with Crippen LogP contribution in [-0.4, -0.2) is 17.7 Å². The van der Waals surface area contributed by atoms with Gasteiger partial charge in [0.2, 0.25) is 0 Å². The number of phenolic OH excluding ortho intramolecular Hbond substituents is 1. The number of halogens is 3. The molecule has 4 nitrogen and oxygen atoms in total. The van der Waals surface area contributed by atoms with Crippen LogP contribution in [0.15, 0.2) is 78.9 Å². The van der Waals surface area contributed by atoms with Gasteiger partial charge in [0.25, 0.3) is 0 Å². The number of carbonyl (C=O) groups is 1.